The van der Waals surface area contributed by atoms with E-state index >= 15 is 0 Å². The summed E-state index contributed by atoms with van der Waals surface area (Å²) in [7, 11) is 5.00. The second-order valence-corrected chi connectivity index (χ2v) is 5.45. The smallest absolute Gasteiger partial charge is 0.233 e. The zero-order valence-electron chi connectivity index (χ0n) is 13.6. The Bertz CT molecular complexity index is 477. The molecule has 1 heterocycles. The summed E-state index contributed by atoms with van der Waals surface area (Å²) >= 11 is 0. The third kappa shape index (κ3) is 4.61. The Morgan fingerprint density at radius 3 is 2.09 bits per heavy atom. The van der Waals surface area contributed by atoms with Gasteiger partial charge in [0.05, 0.1) is 20.8 Å². The molecule has 1 aromatic carbocycles. The molecule has 0 radical (unpaired) electrons. The lowest BCUT2D eigenvalue weighted by Crippen LogP contribution is -2.48. The summed E-state index contributed by atoms with van der Waals surface area (Å²) in [4.78, 5) is 16.0. The van der Waals surface area contributed by atoms with Gasteiger partial charge in [0.1, 0.15) is 11.5 Å². The summed E-state index contributed by atoms with van der Waals surface area (Å²) < 4.78 is 10.6. The second kappa shape index (κ2) is 8.00. The fourth-order valence-corrected chi connectivity index (χ4v) is 2.60. The summed E-state index contributed by atoms with van der Waals surface area (Å²) in [6, 6.07) is 5.96. The maximum absolute atomic E-state index is 11.4. The maximum Gasteiger partial charge on any atom is 0.233 e. The first-order valence-corrected chi connectivity index (χ1v) is 7.52. The lowest BCUT2D eigenvalue weighted by Gasteiger charge is -2.34. The Morgan fingerprint density at radius 1 is 1.05 bits per heavy atom. The number of nitrogens with one attached hydrogen (secondary N) is 1. The Hall–Kier alpha value is -1.79. The number of ether oxygens (including phenoxy) is 2. The van der Waals surface area contributed by atoms with Crippen LogP contribution in [0.4, 0.5) is 0 Å². The summed E-state index contributed by atoms with van der Waals surface area (Å²) in [5, 5.41) is 2.67. The molecule has 1 aliphatic heterocycles. The van der Waals surface area contributed by atoms with Gasteiger partial charge >= 0.3 is 0 Å². The molecule has 2 rings (SSSR count). The van der Waals surface area contributed by atoms with Crippen LogP contribution in [0, 0.1) is 0 Å². The van der Waals surface area contributed by atoms with Crippen LogP contribution in [0.5, 0.6) is 11.5 Å². The molecule has 6 nitrogen and oxygen atoms in total. The minimum Gasteiger partial charge on any atom is -0.497 e. The van der Waals surface area contributed by atoms with Crippen molar-refractivity contribution in [3.05, 3.63) is 23.8 Å². The van der Waals surface area contributed by atoms with Crippen LogP contribution in [0.2, 0.25) is 0 Å². The molecule has 0 aliphatic carbocycles. The minimum atomic E-state index is 0.0750. The van der Waals surface area contributed by atoms with Crippen molar-refractivity contribution in [1.29, 1.82) is 0 Å². The quantitative estimate of drug-likeness (QED) is 0.833. The van der Waals surface area contributed by atoms with Gasteiger partial charge in [-0.05, 0) is 17.7 Å². The highest BCUT2D eigenvalue weighted by molar-refractivity contribution is 5.77. The average molecular weight is 307 g/mol. The molecule has 6 heteroatoms. The number of carbonyl (C=O) groups excluding carboxylic acids is 1. The van der Waals surface area contributed by atoms with Gasteiger partial charge < -0.3 is 14.8 Å². The van der Waals surface area contributed by atoms with Crippen molar-refractivity contribution in [2.24, 2.45) is 0 Å². The summed E-state index contributed by atoms with van der Waals surface area (Å²) in [6.07, 6.45) is 0. The first kappa shape index (κ1) is 16.6. The molecule has 0 atom stereocenters. The predicted molar refractivity (Wildman–Crippen MR) is 85.3 cm³/mol. The molecule has 0 unspecified atom stereocenters. The number of hydrogen-bond acceptors (Lipinski definition) is 5. The standard InChI is InChI=1S/C16H25N3O3/c1-17-16(20)12-19-6-4-18(5-7-19)11-13-8-14(21-2)10-15(9-13)22-3/h8-10H,4-7,11-12H2,1-3H3,(H,17,20). The van der Waals surface area contributed by atoms with E-state index in [1.54, 1.807) is 21.3 Å². The van der Waals surface area contributed by atoms with Crippen LogP contribution in [0.15, 0.2) is 18.2 Å². The fourth-order valence-electron chi connectivity index (χ4n) is 2.60. The molecule has 1 saturated heterocycles. The van der Waals surface area contributed by atoms with Crippen molar-refractivity contribution in [2.75, 3.05) is 54.0 Å². The SMILES string of the molecule is CNC(=O)CN1CCN(Cc2cc(OC)cc(OC)c2)CC1. The van der Waals surface area contributed by atoms with Crippen molar-refractivity contribution in [2.45, 2.75) is 6.54 Å². The Kier molecular flexibility index (Phi) is 6.03. The van der Waals surface area contributed by atoms with E-state index in [0.717, 1.165) is 44.2 Å². The third-order valence-electron chi connectivity index (χ3n) is 3.93. The van der Waals surface area contributed by atoms with Crippen LogP contribution < -0.4 is 14.8 Å². The van der Waals surface area contributed by atoms with Crippen LogP contribution in [-0.4, -0.2) is 69.7 Å². The first-order chi connectivity index (χ1) is 10.6. The normalized spacial score (nSPS) is 16.3. The van der Waals surface area contributed by atoms with E-state index < -0.39 is 0 Å². The van der Waals surface area contributed by atoms with Gasteiger partial charge in [-0.3, -0.25) is 14.6 Å². The molecule has 1 aromatic rings. The van der Waals surface area contributed by atoms with Gasteiger partial charge in [-0.2, -0.15) is 0 Å². The predicted octanol–water partition coefficient (Wildman–Crippen LogP) is 0.567. The molecule has 1 aliphatic rings. The van der Waals surface area contributed by atoms with Crippen LogP contribution in [0.3, 0.4) is 0 Å². The van der Waals surface area contributed by atoms with Crippen LogP contribution >= 0.6 is 0 Å². The second-order valence-electron chi connectivity index (χ2n) is 5.45. The molecule has 122 valence electrons. The third-order valence-corrected chi connectivity index (χ3v) is 3.93. The van der Waals surface area contributed by atoms with E-state index in [2.05, 4.69) is 15.1 Å². The summed E-state index contributed by atoms with van der Waals surface area (Å²) in [5.41, 5.74) is 1.18. The highest BCUT2D eigenvalue weighted by Crippen LogP contribution is 2.23. The first-order valence-electron chi connectivity index (χ1n) is 7.52. The van der Waals surface area contributed by atoms with Crippen LogP contribution in [0.25, 0.3) is 0 Å². The zero-order valence-corrected chi connectivity index (χ0v) is 13.6. The van der Waals surface area contributed by atoms with Gasteiger partial charge in [0, 0.05) is 45.8 Å². The Balaban J connectivity index is 1.89. The lowest BCUT2D eigenvalue weighted by atomic mass is 10.1. The van der Waals surface area contributed by atoms with Crippen LogP contribution in [-0.2, 0) is 11.3 Å². The Labute approximate surface area is 132 Å². The molecule has 0 aromatic heterocycles. The van der Waals surface area contributed by atoms with Crippen molar-refractivity contribution in [3.8, 4) is 11.5 Å². The fraction of sp³-hybridized carbons (Fsp3) is 0.562. The number of amides is 1. The molecule has 22 heavy (non-hydrogen) atoms. The van der Waals surface area contributed by atoms with E-state index in [1.807, 2.05) is 18.2 Å². The maximum atomic E-state index is 11.4. The highest BCUT2D eigenvalue weighted by atomic mass is 16.5. The Morgan fingerprint density at radius 2 is 1.59 bits per heavy atom. The molecular formula is C16H25N3O3. The number of rotatable bonds is 6. The summed E-state index contributed by atoms with van der Waals surface area (Å²) in [5.74, 6) is 1.70. The molecule has 1 N–H and O–H groups in total. The van der Waals surface area contributed by atoms with Gasteiger partial charge in [-0.15, -0.1) is 0 Å². The van der Waals surface area contributed by atoms with Gasteiger partial charge in [-0.1, -0.05) is 0 Å². The molecule has 1 amide bonds. The van der Waals surface area contributed by atoms with Crippen molar-refractivity contribution in [1.82, 2.24) is 15.1 Å². The van der Waals surface area contributed by atoms with E-state index in [0.29, 0.717) is 6.54 Å². The molecule has 1 fully saturated rings. The molecular weight excluding hydrogens is 282 g/mol. The minimum absolute atomic E-state index is 0.0750. The van der Waals surface area contributed by atoms with E-state index in [-0.39, 0.29) is 5.91 Å². The number of piperazine rings is 1. The van der Waals surface area contributed by atoms with Gasteiger partial charge in [0.25, 0.3) is 0 Å². The van der Waals surface area contributed by atoms with Crippen LogP contribution in [0.1, 0.15) is 5.56 Å². The topological polar surface area (TPSA) is 54.0 Å². The van der Waals surface area contributed by atoms with Gasteiger partial charge in [-0.25, -0.2) is 0 Å². The molecule has 0 saturated carbocycles. The van der Waals surface area contributed by atoms with E-state index in [4.69, 9.17) is 9.47 Å². The lowest BCUT2D eigenvalue weighted by molar-refractivity contribution is -0.122. The molecule has 0 bridgehead atoms. The number of carbonyl (C=O) groups is 1. The number of methoxy groups -OCH3 is 2. The van der Waals surface area contributed by atoms with Gasteiger partial charge in [0.2, 0.25) is 5.91 Å². The number of likely N-dealkylation sites (N-methyl/N-ethyl adjacent to an activating group) is 1. The number of nitrogens with zero attached hydrogens (tertiary/aromatic N) is 2. The van der Waals surface area contributed by atoms with Gasteiger partial charge in [0.15, 0.2) is 0 Å². The van der Waals surface area contributed by atoms with E-state index in [1.165, 1.54) is 5.56 Å². The number of benzene rings is 1. The highest BCUT2D eigenvalue weighted by Gasteiger charge is 2.18. The van der Waals surface area contributed by atoms with E-state index in [9.17, 15) is 4.79 Å². The monoisotopic (exact) mass is 307 g/mol. The number of hydrogen-bond donors (Lipinski definition) is 1. The largest absolute Gasteiger partial charge is 0.497 e. The summed E-state index contributed by atoms with van der Waals surface area (Å²) in [6.45, 7) is 5.08. The zero-order chi connectivity index (χ0) is 15.9. The van der Waals surface area contributed by atoms with Crippen molar-refractivity contribution in [3.63, 3.8) is 0 Å². The molecule has 0 spiro atoms. The van der Waals surface area contributed by atoms with Crippen molar-refractivity contribution < 1.29 is 14.3 Å². The van der Waals surface area contributed by atoms with Crippen molar-refractivity contribution >= 4 is 5.91 Å². The average Bonchev–Trinajstić information content (AvgIpc) is 2.56.